The van der Waals surface area contributed by atoms with Crippen LogP contribution in [0.25, 0.3) is 0 Å². The Balaban J connectivity index is 1.57. The van der Waals surface area contributed by atoms with E-state index in [-0.39, 0.29) is 11.9 Å². The number of likely N-dealkylation sites (tertiary alicyclic amines) is 1. The second-order valence-corrected chi connectivity index (χ2v) is 8.54. The van der Waals surface area contributed by atoms with Gasteiger partial charge in [-0.1, -0.05) is 36.4 Å². The highest BCUT2D eigenvalue weighted by Crippen LogP contribution is 2.19. The standard InChI is InChI=1S/C20H24N2O4S/c1-27(24,25)21-18-10-12-22(13-11-18)20(23)17-8-5-9-19(14-17)26-15-16-6-3-2-4-7-16/h2-9,14,18,21H,10-13,15H2,1H3. The van der Waals surface area contributed by atoms with Gasteiger partial charge in [0, 0.05) is 24.7 Å². The summed E-state index contributed by atoms with van der Waals surface area (Å²) >= 11 is 0. The minimum Gasteiger partial charge on any atom is -0.489 e. The van der Waals surface area contributed by atoms with Crippen LogP contribution in [0.15, 0.2) is 54.6 Å². The zero-order valence-corrected chi connectivity index (χ0v) is 16.1. The number of ether oxygens (including phenoxy) is 1. The van der Waals surface area contributed by atoms with Crippen molar-refractivity contribution in [3.8, 4) is 5.75 Å². The Bertz CT molecular complexity index is 876. The SMILES string of the molecule is CS(=O)(=O)NC1CCN(C(=O)c2cccc(OCc3ccccc3)c2)CC1. The van der Waals surface area contributed by atoms with Gasteiger partial charge in [-0.05, 0) is 36.6 Å². The summed E-state index contributed by atoms with van der Waals surface area (Å²) in [4.78, 5) is 14.5. The van der Waals surface area contributed by atoms with Crippen LogP contribution in [-0.4, -0.2) is 44.6 Å². The highest BCUT2D eigenvalue weighted by Gasteiger charge is 2.25. The van der Waals surface area contributed by atoms with Gasteiger partial charge in [0.2, 0.25) is 10.0 Å². The maximum Gasteiger partial charge on any atom is 0.253 e. The van der Waals surface area contributed by atoms with Gasteiger partial charge in [-0.2, -0.15) is 0 Å². The van der Waals surface area contributed by atoms with Gasteiger partial charge in [-0.3, -0.25) is 4.79 Å². The number of amides is 1. The molecule has 0 aliphatic carbocycles. The molecule has 3 rings (SSSR count). The van der Waals surface area contributed by atoms with Crippen LogP contribution in [0.3, 0.4) is 0 Å². The third-order valence-corrected chi connectivity index (χ3v) is 5.25. The predicted octanol–water partition coefficient (Wildman–Crippen LogP) is 2.42. The molecule has 0 saturated carbocycles. The van der Waals surface area contributed by atoms with Crippen molar-refractivity contribution in [2.24, 2.45) is 0 Å². The van der Waals surface area contributed by atoms with Crippen molar-refractivity contribution in [3.63, 3.8) is 0 Å². The third kappa shape index (κ3) is 5.80. The highest BCUT2D eigenvalue weighted by molar-refractivity contribution is 7.88. The number of carbonyl (C=O) groups is 1. The summed E-state index contributed by atoms with van der Waals surface area (Å²) < 4.78 is 31.1. The number of hydrogen-bond donors (Lipinski definition) is 1. The van der Waals surface area contributed by atoms with Gasteiger partial charge in [0.25, 0.3) is 5.91 Å². The number of piperidine rings is 1. The van der Waals surface area contributed by atoms with Crippen LogP contribution in [0.1, 0.15) is 28.8 Å². The Kier molecular flexibility index (Phi) is 6.13. The first-order valence-electron chi connectivity index (χ1n) is 8.94. The fourth-order valence-electron chi connectivity index (χ4n) is 3.15. The fourth-order valence-corrected chi connectivity index (χ4v) is 3.99. The van der Waals surface area contributed by atoms with Crippen molar-refractivity contribution in [2.45, 2.75) is 25.5 Å². The molecule has 1 saturated heterocycles. The molecule has 0 aromatic heterocycles. The van der Waals surface area contributed by atoms with Gasteiger partial charge < -0.3 is 9.64 Å². The van der Waals surface area contributed by atoms with Crippen molar-refractivity contribution >= 4 is 15.9 Å². The van der Waals surface area contributed by atoms with E-state index in [9.17, 15) is 13.2 Å². The number of hydrogen-bond acceptors (Lipinski definition) is 4. The van der Waals surface area contributed by atoms with E-state index < -0.39 is 10.0 Å². The van der Waals surface area contributed by atoms with Crippen LogP contribution in [0.5, 0.6) is 5.75 Å². The monoisotopic (exact) mass is 388 g/mol. The Morgan fingerprint density at radius 2 is 1.81 bits per heavy atom. The summed E-state index contributed by atoms with van der Waals surface area (Å²) in [6.45, 7) is 1.50. The zero-order valence-electron chi connectivity index (χ0n) is 15.3. The van der Waals surface area contributed by atoms with Gasteiger partial charge in [0.15, 0.2) is 0 Å². The van der Waals surface area contributed by atoms with Crippen LogP contribution in [0.4, 0.5) is 0 Å². The second kappa shape index (κ2) is 8.54. The lowest BCUT2D eigenvalue weighted by atomic mass is 10.0. The molecule has 0 unspecified atom stereocenters. The van der Waals surface area contributed by atoms with E-state index in [1.54, 1.807) is 17.0 Å². The van der Waals surface area contributed by atoms with Crippen LogP contribution >= 0.6 is 0 Å². The fraction of sp³-hybridized carbons (Fsp3) is 0.350. The maximum absolute atomic E-state index is 12.7. The van der Waals surface area contributed by atoms with Crippen LogP contribution < -0.4 is 9.46 Å². The molecule has 144 valence electrons. The topological polar surface area (TPSA) is 75.7 Å². The number of rotatable bonds is 6. The number of nitrogens with one attached hydrogen (secondary N) is 1. The average molecular weight is 388 g/mol. The Hall–Kier alpha value is -2.38. The summed E-state index contributed by atoms with van der Waals surface area (Å²) in [5, 5.41) is 0. The number of nitrogens with zero attached hydrogens (tertiary/aromatic N) is 1. The van der Waals surface area contributed by atoms with Crippen LogP contribution in [0, 0.1) is 0 Å². The lowest BCUT2D eigenvalue weighted by Crippen LogP contribution is -2.46. The van der Waals surface area contributed by atoms with Gasteiger partial charge in [0.05, 0.1) is 6.26 Å². The molecule has 1 amide bonds. The summed E-state index contributed by atoms with van der Waals surface area (Å²) in [6, 6.07) is 16.9. The zero-order chi connectivity index (χ0) is 19.3. The number of carbonyl (C=O) groups excluding carboxylic acids is 1. The lowest BCUT2D eigenvalue weighted by Gasteiger charge is -2.32. The molecule has 1 aliphatic rings. The smallest absolute Gasteiger partial charge is 0.253 e. The molecular formula is C20H24N2O4S. The van der Waals surface area contributed by atoms with E-state index in [0.717, 1.165) is 11.8 Å². The molecule has 7 heteroatoms. The third-order valence-electron chi connectivity index (χ3n) is 4.49. The first-order valence-corrected chi connectivity index (χ1v) is 10.8. The molecular weight excluding hydrogens is 364 g/mol. The van der Waals surface area contributed by atoms with E-state index in [2.05, 4.69) is 4.72 Å². The maximum atomic E-state index is 12.7. The summed E-state index contributed by atoms with van der Waals surface area (Å²) in [6.07, 6.45) is 2.39. The molecule has 1 heterocycles. The van der Waals surface area contributed by atoms with Gasteiger partial charge >= 0.3 is 0 Å². The van der Waals surface area contributed by atoms with Gasteiger partial charge in [0.1, 0.15) is 12.4 Å². The summed E-state index contributed by atoms with van der Waals surface area (Å²) in [7, 11) is -3.22. The minimum absolute atomic E-state index is 0.0574. The first kappa shape index (κ1) is 19.4. The van der Waals surface area contributed by atoms with Crippen molar-refractivity contribution in [2.75, 3.05) is 19.3 Å². The molecule has 0 radical (unpaired) electrons. The molecule has 1 fully saturated rings. The van der Waals surface area contributed by atoms with E-state index in [0.29, 0.717) is 43.9 Å². The molecule has 0 atom stereocenters. The molecule has 6 nitrogen and oxygen atoms in total. The normalized spacial score (nSPS) is 15.5. The van der Waals surface area contributed by atoms with Crippen LogP contribution in [0.2, 0.25) is 0 Å². The highest BCUT2D eigenvalue weighted by atomic mass is 32.2. The molecule has 0 spiro atoms. The van der Waals surface area contributed by atoms with E-state index in [4.69, 9.17) is 4.74 Å². The summed E-state index contributed by atoms with van der Waals surface area (Å²) in [5.74, 6) is 0.594. The van der Waals surface area contributed by atoms with Gasteiger partial charge in [-0.25, -0.2) is 13.1 Å². The number of benzene rings is 2. The first-order chi connectivity index (χ1) is 12.9. The van der Waals surface area contributed by atoms with E-state index in [1.807, 2.05) is 42.5 Å². The molecule has 27 heavy (non-hydrogen) atoms. The Morgan fingerprint density at radius 3 is 2.48 bits per heavy atom. The molecule has 2 aromatic rings. The largest absolute Gasteiger partial charge is 0.489 e. The Labute approximate surface area is 160 Å². The van der Waals surface area contributed by atoms with Gasteiger partial charge in [-0.15, -0.1) is 0 Å². The van der Waals surface area contributed by atoms with E-state index in [1.165, 1.54) is 0 Å². The molecule has 0 bridgehead atoms. The van der Waals surface area contributed by atoms with Crippen molar-refractivity contribution in [1.82, 2.24) is 9.62 Å². The van der Waals surface area contributed by atoms with E-state index >= 15 is 0 Å². The lowest BCUT2D eigenvalue weighted by molar-refractivity contribution is 0.0711. The Morgan fingerprint density at radius 1 is 1.11 bits per heavy atom. The van der Waals surface area contributed by atoms with Crippen molar-refractivity contribution < 1.29 is 17.9 Å². The molecule has 2 aromatic carbocycles. The molecule has 1 N–H and O–H groups in total. The minimum atomic E-state index is -3.22. The van der Waals surface area contributed by atoms with Crippen molar-refractivity contribution in [1.29, 1.82) is 0 Å². The molecule has 1 aliphatic heterocycles. The average Bonchev–Trinajstić information content (AvgIpc) is 2.66. The second-order valence-electron chi connectivity index (χ2n) is 6.76. The van der Waals surface area contributed by atoms with Crippen molar-refractivity contribution in [3.05, 3.63) is 65.7 Å². The predicted molar refractivity (Wildman–Crippen MR) is 104 cm³/mol. The quantitative estimate of drug-likeness (QED) is 0.825. The van der Waals surface area contributed by atoms with Crippen LogP contribution in [-0.2, 0) is 16.6 Å². The summed E-state index contributed by atoms with van der Waals surface area (Å²) in [5.41, 5.74) is 1.64. The number of sulfonamides is 1.